The fourth-order valence-electron chi connectivity index (χ4n) is 4.67. The normalized spacial score (nSPS) is 15.5. The zero-order valence-corrected chi connectivity index (χ0v) is 43.6. The van der Waals surface area contributed by atoms with Crippen molar-refractivity contribution >= 4 is 116 Å². The molecular formula is C28H56Br2I2N6Si4Zn. The Hall–Kier alpha value is 1.73. The number of hydrogen-bond donors (Lipinski definition) is 1. The molecule has 43 heavy (non-hydrogen) atoms. The second kappa shape index (κ2) is 19.7. The van der Waals surface area contributed by atoms with Crippen LogP contribution >= 0.6 is 71.4 Å². The molecule has 2 aromatic rings. The molecule has 1 aliphatic heterocycles. The Morgan fingerprint density at radius 1 is 0.791 bits per heavy atom. The van der Waals surface area contributed by atoms with E-state index in [9.17, 15) is 0 Å². The molecule has 0 atom stereocenters. The molecule has 1 saturated heterocycles. The first kappa shape index (κ1) is 44.7. The molecule has 0 saturated carbocycles. The van der Waals surface area contributed by atoms with Crippen LogP contribution in [0.1, 0.15) is 11.4 Å². The average Bonchev–Trinajstić information content (AvgIpc) is 3.09. The van der Waals surface area contributed by atoms with Gasteiger partial charge < -0.3 is 19.1 Å². The second-order valence-corrected chi connectivity index (χ2v) is 58.8. The molecule has 0 spiro atoms. The van der Waals surface area contributed by atoms with Gasteiger partial charge in [-0.3, -0.25) is 0 Å². The van der Waals surface area contributed by atoms with Gasteiger partial charge in [0.1, 0.15) is 42.1 Å². The summed E-state index contributed by atoms with van der Waals surface area (Å²) in [5, 5.41) is 0. The Morgan fingerprint density at radius 3 is 1.44 bits per heavy atom. The van der Waals surface area contributed by atoms with E-state index < -0.39 is 32.9 Å². The number of halogens is 4. The van der Waals surface area contributed by atoms with Gasteiger partial charge in [0, 0.05) is 5.69 Å². The van der Waals surface area contributed by atoms with Crippen molar-refractivity contribution in [3.63, 3.8) is 0 Å². The number of anilines is 2. The van der Waals surface area contributed by atoms with Crippen molar-refractivity contribution in [3.8, 4) is 0 Å². The molecule has 0 aliphatic carbocycles. The van der Waals surface area contributed by atoms with Crippen LogP contribution in [-0.2, 0) is 10.1 Å². The van der Waals surface area contributed by atoms with Crippen molar-refractivity contribution in [3.05, 3.63) is 44.9 Å². The fourth-order valence-corrected chi connectivity index (χ4v) is 25.6. The Labute approximate surface area is 314 Å². The molecule has 3 rings (SSSR count). The summed E-state index contributed by atoms with van der Waals surface area (Å²) < 4.78 is 9.51. The predicted octanol–water partition coefficient (Wildman–Crippen LogP) is 10.4. The molecule has 0 aromatic carbocycles. The van der Waals surface area contributed by atoms with E-state index in [0.717, 1.165) is 20.6 Å². The zero-order chi connectivity index (χ0) is 34.0. The van der Waals surface area contributed by atoms with E-state index in [1.54, 1.807) is 0 Å². The minimum atomic E-state index is -1.25. The first-order valence-corrected chi connectivity index (χ1v) is 47.0. The van der Waals surface area contributed by atoms with Crippen LogP contribution in [0.15, 0.2) is 33.5 Å². The van der Waals surface area contributed by atoms with Crippen molar-refractivity contribution in [1.82, 2.24) is 19.1 Å². The van der Waals surface area contributed by atoms with Crippen LogP contribution < -0.4 is 9.96 Å². The molecule has 1 aliphatic rings. The molecule has 2 N–H and O–H groups in total. The van der Waals surface area contributed by atoms with Crippen LogP contribution in [-0.4, -0.2) is 80.2 Å². The van der Waals surface area contributed by atoms with Gasteiger partial charge in [-0.1, -0.05) is 52.4 Å². The summed E-state index contributed by atoms with van der Waals surface area (Å²) in [6.07, 6.45) is 0. The monoisotopic (exact) mass is 1060 g/mol. The maximum absolute atomic E-state index is 5.51. The Balaban J connectivity index is 0.000000611. The van der Waals surface area contributed by atoms with E-state index in [4.69, 9.17) is 5.73 Å². The molecule has 1 fully saturated rings. The van der Waals surface area contributed by atoms with E-state index in [2.05, 4.69) is 194 Å². The number of pyridine rings is 2. The van der Waals surface area contributed by atoms with Crippen molar-refractivity contribution in [2.24, 2.45) is 0 Å². The molecule has 0 bridgehead atoms. The van der Waals surface area contributed by atoms with Crippen molar-refractivity contribution in [2.45, 2.75) is 90.4 Å². The molecule has 2 aromatic heterocycles. The Kier molecular flexibility index (Phi) is 20.5. The van der Waals surface area contributed by atoms with Crippen LogP contribution in [0, 0.1) is 13.8 Å². The standard InChI is InChI=1S/C12H21BrN2Si2.C10H28N2Si2.C6H7BrN2.2HI.Zn/c1-10-11(6-7-12(13)14-10)15-16(2,3)8-9-17(15,4)5;1-11(2)13(5,6)9-10-14(7,8)12(3)4;1-4-5(8)2-3-6(7)9-4;;;/h6-7H,8-9H2,1-5H3;9-10H2,1-8H3;2-3H,8H2,1H3;2*1H;/q;;;;;+2/p-2. The van der Waals surface area contributed by atoms with E-state index in [-0.39, 0.29) is 10.1 Å². The van der Waals surface area contributed by atoms with Crippen LogP contribution in [0.3, 0.4) is 0 Å². The summed E-state index contributed by atoms with van der Waals surface area (Å²) >= 11 is 11.6. The van der Waals surface area contributed by atoms with E-state index >= 15 is 0 Å². The molecule has 0 amide bonds. The fraction of sp³-hybridized carbons (Fsp3) is 0.643. The van der Waals surface area contributed by atoms with Gasteiger partial charge in [-0.15, -0.1) is 0 Å². The van der Waals surface area contributed by atoms with Gasteiger partial charge in [0.2, 0.25) is 0 Å². The molecule has 0 radical (unpaired) electrons. The van der Waals surface area contributed by atoms with Gasteiger partial charge in [-0.2, -0.15) is 0 Å². The van der Waals surface area contributed by atoms with Crippen LogP contribution in [0.2, 0.25) is 76.6 Å². The summed E-state index contributed by atoms with van der Waals surface area (Å²) in [4.78, 5) is 8.63. The Bertz CT molecular complexity index is 1110. The van der Waals surface area contributed by atoms with Gasteiger partial charge >= 0.3 is 49.6 Å². The van der Waals surface area contributed by atoms with Gasteiger partial charge in [0.25, 0.3) is 0 Å². The van der Waals surface area contributed by atoms with Gasteiger partial charge in [0.15, 0.2) is 0 Å². The number of nitrogen functional groups attached to an aromatic ring is 1. The van der Waals surface area contributed by atoms with E-state index in [1.807, 2.05) is 19.1 Å². The quantitative estimate of drug-likeness (QED) is 0.177. The molecule has 6 nitrogen and oxygen atoms in total. The summed E-state index contributed by atoms with van der Waals surface area (Å²) in [5.41, 5.74) is 9.66. The predicted molar refractivity (Wildman–Crippen MR) is 225 cm³/mol. The molecular weight excluding hydrogens is 1010 g/mol. The summed E-state index contributed by atoms with van der Waals surface area (Å²) in [5.74, 6) is 0. The first-order chi connectivity index (χ1) is 19.4. The number of nitrogens with two attached hydrogens (primary N) is 1. The zero-order valence-electron chi connectivity index (χ0n) is 29.2. The Morgan fingerprint density at radius 2 is 1.14 bits per heavy atom. The average molecular weight is 1070 g/mol. The first-order valence-electron chi connectivity index (χ1n) is 14.7. The second-order valence-electron chi connectivity index (χ2n) is 14.0. The minimum absolute atomic E-state index is 0.0650. The number of rotatable bonds is 6. The van der Waals surface area contributed by atoms with Gasteiger partial charge in [-0.25, -0.2) is 9.97 Å². The number of hydrogen-bond acceptors (Lipinski definition) is 6. The van der Waals surface area contributed by atoms with E-state index in [1.165, 1.54) is 35.6 Å². The topological polar surface area (TPSA) is 61.5 Å². The third-order valence-electron chi connectivity index (χ3n) is 8.69. The SMILES string of the molecule is CN(C)[Si](C)(C)CC[Si](C)(C)N(C)C.Cc1nc(Br)ccc1N.Cc1nc(Br)ccc1N1[Si](C)(C)CC[Si]1(C)C.[I][Zn][I]. The van der Waals surface area contributed by atoms with Crippen LogP contribution in [0.4, 0.5) is 11.4 Å². The molecule has 3 heterocycles. The number of aromatic nitrogens is 2. The van der Waals surface area contributed by atoms with Gasteiger partial charge in [-0.05, 0) is 122 Å². The number of aryl methyl sites for hydroxylation is 2. The molecule has 0 unspecified atom stereocenters. The summed E-state index contributed by atoms with van der Waals surface area (Å²) in [6.45, 7) is 23.9. The maximum atomic E-state index is 5.51. The third-order valence-corrected chi connectivity index (χ3v) is 27.8. The molecule has 15 heteroatoms. The van der Waals surface area contributed by atoms with Crippen molar-refractivity contribution < 1.29 is 10.1 Å². The number of nitrogens with zero attached hydrogens (tertiary/aromatic N) is 5. The summed E-state index contributed by atoms with van der Waals surface area (Å²) in [6, 6.07) is 13.7. The summed E-state index contributed by atoms with van der Waals surface area (Å²) in [7, 11) is 4.30. The van der Waals surface area contributed by atoms with Crippen LogP contribution in [0.25, 0.3) is 0 Å². The van der Waals surface area contributed by atoms with Gasteiger partial charge in [0.05, 0.1) is 17.1 Å². The van der Waals surface area contributed by atoms with E-state index in [0.29, 0.717) is 0 Å². The molecule has 244 valence electrons. The van der Waals surface area contributed by atoms with Crippen molar-refractivity contribution in [1.29, 1.82) is 0 Å². The van der Waals surface area contributed by atoms with Crippen molar-refractivity contribution in [2.75, 3.05) is 38.2 Å². The van der Waals surface area contributed by atoms with Crippen LogP contribution in [0.5, 0.6) is 0 Å². The third kappa shape index (κ3) is 15.7.